The van der Waals surface area contributed by atoms with Crippen LogP contribution in [-0.2, 0) is 0 Å². The lowest BCUT2D eigenvalue weighted by Crippen LogP contribution is -2.13. The molecule has 4 rings (SSSR count). The molecule has 0 aliphatic rings. The van der Waals surface area contributed by atoms with Crippen molar-refractivity contribution >= 4 is 44.7 Å². The van der Waals surface area contributed by atoms with Gasteiger partial charge in [0.2, 0.25) is 0 Å². The number of para-hydroxylation sites is 1. The van der Waals surface area contributed by atoms with E-state index in [4.69, 9.17) is 16.3 Å². The van der Waals surface area contributed by atoms with E-state index in [1.165, 1.54) is 6.20 Å². The maximum atomic E-state index is 12.6. The Bertz CT molecular complexity index is 1110. The van der Waals surface area contributed by atoms with E-state index in [1.54, 1.807) is 30.6 Å². The molecule has 0 atom stereocenters. The second kappa shape index (κ2) is 7.34. The van der Waals surface area contributed by atoms with Crippen molar-refractivity contribution in [3.8, 4) is 16.3 Å². The first kappa shape index (κ1) is 17.5. The fourth-order valence-corrected chi connectivity index (χ4v) is 3.85. The van der Waals surface area contributed by atoms with Gasteiger partial charge in [-0.25, -0.2) is 9.97 Å². The lowest BCUT2D eigenvalue weighted by atomic mass is 10.1. The lowest BCUT2D eigenvalue weighted by Gasteiger charge is -2.12. The highest BCUT2D eigenvalue weighted by atomic mass is 35.5. The van der Waals surface area contributed by atoms with Gasteiger partial charge in [0.1, 0.15) is 15.9 Å². The number of fused-ring (bicyclic) bond motifs is 1. The SMILES string of the molecule is COc1ccc(-c2nc3ccccc3s2)cc1NC(=O)c1cccnc1Cl. The van der Waals surface area contributed by atoms with E-state index in [0.717, 1.165) is 20.8 Å². The molecule has 2 heterocycles. The summed E-state index contributed by atoms with van der Waals surface area (Å²) in [6.45, 7) is 0. The van der Waals surface area contributed by atoms with Crippen LogP contribution in [0.4, 0.5) is 5.69 Å². The maximum Gasteiger partial charge on any atom is 0.258 e. The minimum Gasteiger partial charge on any atom is -0.495 e. The molecule has 0 aliphatic heterocycles. The monoisotopic (exact) mass is 395 g/mol. The molecule has 0 saturated heterocycles. The fraction of sp³-hybridized carbons (Fsp3) is 0.0500. The van der Waals surface area contributed by atoms with Gasteiger partial charge in [-0.3, -0.25) is 4.79 Å². The predicted octanol–water partition coefficient (Wildman–Crippen LogP) is 5.27. The van der Waals surface area contributed by atoms with Crippen molar-refractivity contribution in [1.29, 1.82) is 0 Å². The Morgan fingerprint density at radius 3 is 2.78 bits per heavy atom. The van der Waals surface area contributed by atoms with Crippen molar-refractivity contribution in [1.82, 2.24) is 9.97 Å². The van der Waals surface area contributed by atoms with Crippen LogP contribution in [-0.4, -0.2) is 23.0 Å². The quantitative estimate of drug-likeness (QED) is 0.478. The summed E-state index contributed by atoms with van der Waals surface area (Å²) >= 11 is 7.61. The predicted molar refractivity (Wildman–Crippen MR) is 109 cm³/mol. The van der Waals surface area contributed by atoms with Crippen molar-refractivity contribution in [3.05, 3.63) is 71.5 Å². The average molecular weight is 396 g/mol. The zero-order chi connectivity index (χ0) is 18.8. The first-order valence-corrected chi connectivity index (χ1v) is 9.31. The third kappa shape index (κ3) is 3.49. The molecule has 0 fully saturated rings. The van der Waals surface area contributed by atoms with Gasteiger partial charge in [-0.15, -0.1) is 11.3 Å². The number of nitrogens with zero attached hydrogens (tertiary/aromatic N) is 2. The molecule has 7 heteroatoms. The Morgan fingerprint density at radius 2 is 2.00 bits per heavy atom. The van der Waals surface area contributed by atoms with Crippen LogP contribution in [0, 0.1) is 0 Å². The van der Waals surface area contributed by atoms with Gasteiger partial charge in [-0.05, 0) is 42.5 Å². The van der Waals surface area contributed by atoms with Gasteiger partial charge in [0.25, 0.3) is 5.91 Å². The molecule has 1 amide bonds. The molecule has 0 unspecified atom stereocenters. The Morgan fingerprint density at radius 1 is 1.15 bits per heavy atom. The van der Waals surface area contributed by atoms with Crippen LogP contribution in [0.2, 0.25) is 5.15 Å². The van der Waals surface area contributed by atoms with Crippen molar-refractivity contribution in [2.45, 2.75) is 0 Å². The number of benzene rings is 2. The zero-order valence-corrected chi connectivity index (χ0v) is 15.8. The summed E-state index contributed by atoms with van der Waals surface area (Å²) in [6, 6.07) is 16.8. The summed E-state index contributed by atoms with van der Waals surface area (Å²) in [5.41, 5.74) is 2.68. The third-order valence-corrected chi connectivity index (χ3v) is 5.38. The number of amides is 1. The molecule has 0 spiro atoms. The van der Waals surface area contributed by atoms with E-state index >= 15 is 0 Å². The molecule has 1 N–H and O–H groups in total. The van der Waals surface area contributed by atoms with Gasteiger partial charge in [0, 0.05) is 11.8 Å². The van der Waals surface area contributed by atoms with Gasteiger partial charge < -0.3 is 10.1 Å². The molecule has 5 nitrogen and oxygen atoms in total. The molecule has 0 aliphatic carbocycles. The van der Waals surface area contributed by atoms with E-state index in [2.05, 4.69) is 15.3 Å². The third-order valence-electron chi connectivity index (χ3n) is 3.99. The van der Waals surface area contributed by atoms with Crippen LogP contribution in [0.15, 0.2) is 60.8 Å². The first-order valence-electron chi connectivity index (χ1n) is 8.11. The smallest absolute Gasteiger partial charge is 0.258 e. The number of anilines is 1. The first-order chi connectivity index (χ1) is 13.2. The molecular formula is C20H14ClN3O2S. The summed E-state index contributed by atoms with van der Waals surface area (Å²) in [7, 11) is 1.55. The minimum absolute atomic E-state index is 0.149. The topological polar surface area (TPSA) is 64.1 Å². The van der Waals surface area contributed by atoms with Crippen molar-refractivity contribution < 1.29 is 9.53 Å². The molecule has 4 aromatic rings. The van der Waals surface area contributed by atoms with Gasteiger partial charge in [-0.2, -0.15) is 0 Å². The summed E-state index contributed by atoms with van der Waals surface area (Å²) in [5.74, 6) is 0.195. The number of carbonyl (C=O) groups excluding carboxylic acids is 1. The number of thiazole rings is 1. The molecular weight excluding hydrogens is 382 g/mol. The Hall–Kier alpha value is -2.96. The maximum absolute atomic E-state index is 12.6. The highest BCUT2D eigenvalue weighted by Crippen LogP contribution is 2.35. The van der Waals surface area contributed by atoms with Crippen molar-refractivity contribution in [2.75, 3.05) is 12.4 Å². The molecule has 0 radical (unpaired) electrons. The van der Waals surface area contributed by atoms with Crippen LogP contribution >= 0.6 is 22.9 Å². The molecule has 2 aromatic carbocycles. The van der Waals surface area contributed by atoms with Gasteiger partial charge in [-0.1, -0.05) is 23.7 Å². The number of nitrogens with one attached hydrogen (secondary N) is 1. The number of ether oxygens (including phenoxy) is 1. The van der Waals surface area contributed by atoms with Gasteiger partial charge in [0.15, 0.2) is 0 Å². The number of pyridine rings is 1. The van der Waals surface area contributed by atoms with Crippen molar-refractivity contribution in [2.24, 2.45) is 0 Å². The van der Waals surface area contributed by atoms with Crippen LogP contribution in [0.25, 0.3) is 20.8 Å². The van der Waals surface area contributed by atoms with Gasteiger partial charge in [0.05, 0.1) is 28.6 Å². The van der Waals surface area contributed by atoms with E-state index < -0.39 is 0 Å². The summed E-state index contributed by atoms with van der Waals surface area (Å²) in [4.78, 5) is 21.2. The van der Waals surface area contributed by atoms with E-state index in [1.807, 2.05) is 42.5 Å². The number of hydrogen-bond acceptors (Lipinski definition) is 5. The Balaban J connectivity index is 1.70. The van der Waals surface area contributed by atoms with Crippen LogP contribution in [0.1, 0.15) is 10.4 Å². The highest BCUT2D eigenvalue weighted by Gasteiger charge is 2.15. The summed E-state index contributed by atoms with van der Waals surface area (Å²) in [5, 5.41) is 3.87. The number of methoxy groups -OCH3 is 1. The molecule has 0 saturated carbocycles. The normalized spacial score (nSPS) is 10.7. The Labute approximate surface area is 164 Å². The van der Waals surface area contributed by atoms with E-state index in [9.17, 15) is 4.79 Å². The Kier molecular flexibility index (Phi) is 4.75. The van der Waals surface area contributed by atoms with Crippen LogP contribution < -0.4 is 10.1 Å². The summed E-state index contributed by atoms with van der Waals surface area (Å²) < 4.78 is 6.49. The van der Waals surface area contributed by atoms with E-state index in [-0.39, 0.29) is 11.1 Å². The largest absolute Gasteiger partial charge is 0.495 e. The lowest BCUT2D eigenvalue weighted by molar-refractivity contribution is 0.102. The second-order valence-electron chi connectivity index (χ2n) is 5.70. The standard InChI is InChI=1S/C20H14ClN3O2S/c1-26-16-9-8-12(20-24-14-6-2-3-7-17(14)27-20)11-15(16)23-19(25)13-5-4-10-22-18(13)21/h2-11H,1H3,(H,23,25). The molecule has 134 valence electrons. The van der Waals surface area contributed by atoms with Crippen LogP contribution in [0.3, 0.4) is 0 Å². The minimum atomic E-state index is -0.354. The number of hydrogen-bond donors (Lipinski definition) is 1. The second-order valence-corrected chi connectivity index (χ2v) is 7.09. The zero-order valence-electron chi connectivity index (χ0n) is 14.3. The van der Waals surface area contributed by atoms with Crippen molar-refractivity contribution in [3.63, 3.8) is 0 Å². The average Bonchev–Trinajstić information content (AvgIpc) is 3.12. The molecule has 27 heavy (non-hydrogen) atoms. The molecule has 0 bridgehead atoms. The summed E-state index contributed by atoms with van der Waals surface area (Å²) in [6.07, 6.45) is 1.54. The highest BCUT2D eigenvalue weighted by molar-refractivity contribution is 7.21. The number of carbonyl (C=O) groups is 1. The van der Waals surface area contributed by atoms with E-state index in [0.29, 0.717) is 17.0 Å². The van der Waals surface area contributed by atoms with Gasteiger partial charge >= 0.3 is 0 Å². The number of aromatic nitrogens is 2. The molecule has 2 aromatic heterocycles. The number of rotatable bonds is 4. The number of halogens is 1. The fourth-order valence-electron chi connectivity index (χ4n) is 2.68. The van der Waals surface area contributed by atoms with Crippen LogP contribution in [0.5, 0.6) is 5.75 Å².